The van der Waals surface area contributed by atoms with E-state index in [0.29, 0.717) is 18.1 Å². The summed E-state index contributed by atoms with van der Waals surface area (Å²) in [6, 6.07) is 5.20. The second-order valence-corrected chi connectivity index (χ2v) is 10.3. The summed E-state index contributed by atoms with van der Waals surface area (Å²) in [4.78, 5) is 12.3. The molecule has 0 saturated carbocycles. The van der Waals surface area contributed by atoms with E-state index in [-0.39, 0.29) is 11.4 Å². The maximum Gasteiger partial charge on any atom is 0.263 e. The zero-order valence-electron chi connectivity index (χ0n) is 15.3. The topological polar surface area (TPSA) is 95.9 Å². The molecule has 1 aromatic rings. The molecule has 1 aliphatic heterocycles. The van der Waals surface area contributed by atoms with E-state index in [1.54, 1.807) is 31.5 Å². The Morgan fingerprint density at radius 2 is 2.04 bits per heavy atom. The molecule has 1 aromatic carbocycles. The largest absolute Gasteiger partial charge is 0.494 e. The number of hydrogen-bond acceptors (Lipinski definition) is 6. The van der Waals surface area contributed by atoms with Crippen molar-refractivity contribution in [2.45, 2.75) is 49.3 Å². The van der Waals surface area contributed by atoms with Crippen LogP contribution in [0, 0.1) is 0 Å². The first kappa shape index (κ1) is 21.0. The molecule has 7 nitrogen and oxygen atoms in total. The molecular formula is C17H26N2O5S2. The molecule has 2 N–H and O–H groups in total. The molecular weight excluding hydrogens is 376 g/mol. The lowest BCUT2D eigenvalue weighted by molar-refractivity contribution is -0.134. The Balaban J connectivity index is 2.28. The van der Waals surface area contributed by atoms with E-state index in [1.165, 1.54) is 28.2 Å². The van der Waals surface area contributed by atoms with Crippen molar-refractivity contribution in [3.8, 4) is 5.75 Å². The van der Waals surface area contributed by atoms with Crippen molar-refractivity contribution >= 4 is 27.7 Å². The first-order valence-corrected chi connectivity index (χ1v) is 11.0. The van der Waals surface area contributed by atoms with Gasteiger partial charge < -0.3 is 4.74 Å². The van der Waals surface area contributed by atoms with Gasteiger partial charge in [0.15, 0.2) is 0 Å². The van der Waals surface area contributed by atoms with Crippen molar-refractivity contribution < 1.29 is 23.2 Å². The number of nitrogens with one attached hydrogen (secondary N) is 1. The van der Waals surface area contributed by atoms with Gasteiger partial charge >= 0.3 is 0 Å². The Morgan fingerprint density at radius 3 is 2.62 bits per heavy atom. The van der Waals surface area contributed by atoms with Crippen LogP contribution in [0.3, 0.4) is 0 Å². The van der Waals surface area contributed by atoms with Crippen molar-refractivity contribution in [2.24, 2.45) is 0 Å². The Morgan fingerprint density at radius 1 is 1.38 bits per heavy atom. The number of thioether (sulfide) groups is 1. The number of hydrogen-bond donors (Lipinski definition) is 2. The smallest absolute Gasteiger partial charge is 0.263 e. The molecule has 1 heterocycles. The van der Waals surface area contributed by atoms with Gasteiger partial charge in [-0.1, -0.05) is 13.3 Å². The molecule has 1 amide bonds. The molecule has 1 saturated heterocycles. The lowest BCUT2D eigenvalue weighted by Gasteiger charge is -2.43. The highest BCUT2D eigenvalue weighted by Gasteiger charge is 2.48. The van der Waals surface area contributed by atoms with Crippen LogP contribution in [0.1, 0.15) is 33.6 Å². The fraction of sp³-hybridized carbons (Fsp3) is 0.588. The highest BCUT2D eigenvalue weighted by molar-refractivity contribution is 8.00. The summed E-state index contributed by atoms with van der Waals surface area (Å²) in [6.07, 6.45) is 1.95. The van der Waals surface area contributed by atoms with Gasteiger partial charge in [0.1, 0.15) is 11.8 Å². The molecule has 26 heavy (non-hydrogen) atoms. The number of benzene rings is 1. The first-order valence-electron chi connectivity index (χ1n) is 8.56. The van der Waals surface area contributed by atoms with Gasteiger partial charge in [-0.15, -0.1) is 0 Å². The SMILES string of the molecule is CCCCOc1ccc(S(=O)(=O)N2CCSC(C)(C)[C@@H]2C(=O)NO)cc1. The molecule has 0 aromatic heterocycles. The number of amides is 1. The molecule has 0 bridgehead atoms. The normalized spacial score (nSPS) is 20.5. The van der Waals surface area contributed by atoms with E-state index in [2.05, 4.69) is 6.92 Å². The molecule has 9 heteroatoms. The fourth-order valence-corrected chi connectivity index (χ4v) is 6.01. The van der Waals surface area contributed by atoms with Crippen molar-refractivity contribution in [3.63, 3.8) is 0 Å². The van der Waals surface area contributed by atoms with Gasteiger partial charge in [0, 0.05) is 17.0 Å². The maximum atomic E-state index is 13.1. The summed E-state index contributed by atoms with van der Waals surface area (Å²) in [5.41, 5.74) is 1.60. The number of carbonyl (C=O) groups is 1. The van der Waals surface area contributed by atoms with E-state index < -0.39 is 26.7 Å². The predicted octanol–water partition coefficient (Wildman–Crippen LogP) is 2.26. The minimum absolute atomic E-state index is 0.0961. The molecule has 2 rings (SSSR count). The summed E-state index contributed by atoms with van der Waals surface area (Å²) in [7, 11) is -3.89. The standard InChI is InChI=1S/C17H26N2O5S2/c1-4-5-11-24-13-6-8-14(9-7-13)26(22,23)19-10-12-25-17(2,3)15(19)16(20)18-21/h6-9,15,21H,4-5,10-12H2,1-3H3,(H,18,20)/t15-/m0/s1. The Kier molecular flexibility index (Phi) is 6.95. The average Bonchev–Trinajstić information content (AvgIpc) is 2.61. The third-order valence-electron chi connectivity index (χ3n) is 4.29. The van der Waals surface area contributed by atoms with Crippen LogP contribution in [0.4, 0.5) is 0 Å². The molecule has 1 aliphatic rings. The minimum Gasteiger partial charge on any atom is -0.494 e. The molecule has 0 spiro atoms. The highest BCUT2D eigenvalue weighted by atomic mass is 32.2. The lowest BCUT2D eigenvalue weighted by atomic mass is 10.0. The zero-order chi connectivity index (χ0) is 19.4. The van der Waals surface area contributed by atoms with E-state index in [0.717, 1.165) is 12.8 Å². The van der Waals surface area contributed by atoms with Crippen molar-refractivity contribution in [1.29, 1.82) is 0 Å². The van der Waals surface area contributed by atoms with Crippen LogP contribution < -0.4 is 10.2 Å². The number of ether oxygens (including phenoxy) is 1. The number of hydroxylamine groups is 1. The van der Waals surface area contributed by atoms with Crippen molar-refractivity contribution in [2.75, 3.05) is 18.9 Å². The van der Waals surface area contributed by atoms with Gasteiger partial charge in [-0.25, -0.2) is 13.9 Å². The Labute approximate surface area is 159 Å². The van der Waals surface area contributed by atoms with Crippen LogP contribution in [-0.2, 0) is 14.8 Å². The predicted molar refractivity (Wildman–Crippen MR) is 101 cm³/mol. The number of carbonyl (C=O) groups excluding carboxylic acids is 1. The zero-order valence-corrected chi connectivity index (χ0v) is 16.9. The van der Waals surface area contributed by atoms with Crippen LogP contribution in [0.5, 0.6) is 5.75 Å². The van der Waals surface area contributed by atoms with Crippen LogP contribution in [0.25, 0.3) is 0 Å². The third kappa shape index (κ3) is 4.51. The molecule has 146 valence electrons. The van der Waals surface area contributed by atoms with E-state index in [1.807, 2.05) is 0 Å². The number of nitrogens with zero attached hydrogens (tertiary/aromatic N) is 1. The van der Waals surface area contributed by atoms with E-state index >= 15 is 0 Å². The summed E-state index contributed by atoms with van der Waals surface area (Å²) in [6.45, 7) is 6.44. The Bertz CT molecular complexity index is 719. The number of sulfonamides is 1. The third-order valence-corrected chi connectivity index (χ3v) is 7.52. The Hall–Kier alpha value is -1.29. The fourth-order valence-electron chi connectivity index (χ4n) is 2.90. The molecule has 1 fully saturated rings. The van der Waals surface area contributed by atoms with Crippen LogP contribution in [0.15, 0.2) is 29.2 Å². The molecule has 0 radical (unpaired) electrons. The van der Waals surface area contributed by atoms with Gasteiger partial charge in [-0.2, -0.15) is 16.1 Å². The van der Waals surface area contributed by atoms with Crippen LogP contribution in [0.2, 0.25) is 0 Å². The van der Waals surface area contributed by atoms with Gasteiger partial charge in [0.25, 0.3) is 5.91 Å². The minimum atomic E-state index is -3.89. The monoisotopic (exact) mass is 402 g/mol. The average molecular weight is 403 g/mol. The van der Waals surface area contributed by atoms with Crippen LogP contribution >= 0.6 is 11.8 Å². The summed E-state index contributed by atoms with van der Waals surface area (Å²) in [5, 5.41) is 9.07. The second kappa shape index (κ2) is 8.60. The van der Waals surface area contributed by atoms with Crippen molar-refractivity contribution in [1.82, 2.24) is 9.79 Å². The van der Waals surface area contributed by atoms with E-state index in [4.69, 9.17) is 9.94 Å². The lowest BCUT2D eigenvalue weighted by Crippen LogP contribution is -2.61. The van der Waals surface area contributed by atoms with Crippen molar-refractivity contribution in [3.05, 3.63) is 24.3 Å². The molecule has 0 unspecified atom stereocenters. The van der Waals surface area contributed by atoms with Gasteiger partial charge in [0.2, 0.25) is 10.0 Å². The molecule has 1 atom stereocenters. The first-order chi connectivity index (χ1) is 12.2. The van der Waals surface area contributed by atoms with Gasteiger partial charge in [-0.3, -0.25) is 10.0 Å². The summed E-state index contributed by atoms with van der Waals surface area (Å²) < 4.78 is 32.2. The van der Waals surface area contributed by atoms with Gasteiger partial charge in [0.05, 0.1) is 11.5 Å². The van der Waals surface area contributed by atoms with E-state index in [9.17, 15) is 13.2 Å². The maximum absolute atomic E-state index is 13.1. The highest BCUT2D eigenvalue weighted by Crippen LogP contribution is 2.38. The molecule has 0 aliphatic carbocycles. The van der Waals surface area contributed by atoms with Crippen LogP contribution in [-0.4, -0.2) is 53.5 Å². The quantitative estimate of drug-likeness (QED) is 0.413. The number of rotatable bonds is 7. The number of unbranched alkanes of at least 4 members (excludes halogenated alkanes) is 1. The second-order valence-electron chi connectivity index (χ2n) is 6.62. The summed E-state index contributed by atoms with van der Waals surface area (Å²) in [5.74, 6) is 0.446. The summed E-state index contributed by atoms with van der Waals surface area (Å²) >= 11 is 1.50. The van der Waals surface area contributed by atoms with Gasteiger partial charge in [-0.05, 0) is 44.5 Å².